The Kier molecular flexibility index (Phi) is 13.0. The van der Waals surface area contributed by atoms with Crippen LogP contribution in [0.3, 0.4) is 0 Å². The molecular formula is C36H50O3PSi+. The third-order valence-electron chi connectivity index (χ3n) is 8.40. The lowest BCUT2D eigenvalue weighted by Gasteiger charge is -2.34. The lowest BCUT2D eigenvalue weighted by Crippen LogP contribution is -2.44. The Morgan fingerprint density at radius 1 is 0.756 bits per heavy atom. The topological polar surface area (TPSA) is 35.5 Å². The molecule has 5 heteroatoms. The van der Waals surface area contributed by atoms with Gasteiger partial charge >= 0.3 is 5.97 Å². The highest BCUT2D eigenvalue weighted by molar-refractivity contribution is 7.95. The van der Waals surface area contributed by atoms with E-state index >= 15 is 0 Å². The van der Waals surface area contributed by atoms with Crippen LogP contribution in [0.5, 0.6) is 0 Å². The van der Waals surface area contributed by atoms with Crippen LogP contribution in [0.15, 0.2) is 103 Å². The van der Waals surface area contributed by atoms with Gasteiger partial charge < -0.3 is 9.16 Å². The minimum Gasteiger partial charge on any atom is -0.459 e. The number of hydrogen-bond acceptors (Lipinski definition) is 3. The van der Waals surface area contributed by atoms with Crippen LogP contribution in [0, 0.1) is 5.92 Å². The Hall–Kier alpha value is -2.52. The van der Waals surface area contributed by atoms with Gasteiger partial charge in [0.2, 0.25) is 0 Å². The van der Waals surface area contributed by atoms with E-state index in [1.165, 1.54) is 15.9 Å². The van der Waals surface area contributed by atoms with E-state index in [9.17, 15) is 4.79 Å². The molecule has 0 N–H and O–H groups in total. The molecular weight excluding hydrogens is 539 g/mol. The molecule has 0 saturated carbocycles. The monoisotopic (exact) mass is 589 g/mol. The zero-order valence-electron chi connectivity index (χ0n) is 25.9. The minimum absolute atomic E-state index is 0.241. The Morgan fingerprint density at radius 3 is 1.59 bits per heavy atom. The van der Waals surface area contributed by atoms with Gasteiger partial charge in [0.1, 0.15) is 35.9 Å². The average Bonchev–Trinajstić information content (AvgIpc) is 3.02. The van der Waals surface area contributed by atoms with Crippen molar-refractivity contribution < 1.29 is 14.0 Å². The summed E-state index contributed by atoms with van der Waals surface area (Å²) in [5.41, 5.74) is 0.968. The van der Waals surface area contributed by atoms with E-state index in [2.05, 4.69) is 132 Å². The third kappa shape index (κ3) is 8.74. The zero-order chi connectivity index (χ0) is 29.7. The highest BCUT2D eigenvalue weighted by Crippen LogP contribution is 2.56. The quantitative estimate of drug-likeness (QED) is 0.0688. The maximum absolute atomic E-state index is 13.8. The summed E-state index contributed by atoms with van der Waals surface area (Å²) in [6.45, 7) is 15.5. The van der Waals surface area contributed by atoms with Crippen molar-refractivity contribution in [1.29, 1.82) is 0 Å². The molecule has 0 fully saturated rings. The summed E-state index contributed by atoms with van der Waals surface area (Å²) >= 11 is 0. The summed E-state index contributed by atoms with van der Waals surface area (Å²) in [4.78, 5) is 13.8. The van der Waals surface area contributed by atoms with Gasteiger partial charge in [0.25, 0.3) is 0 Å². The fourth-order valence-electron chi connectivity index (χ4n) is 5.55. The summed E-state index contributed by atoms with van der Waals surface area (Å²) in [6.07, 6.45) is 2.76. The van der Waals surface area contributed by atoms with Gasteiger partial charge in [-0.15, -0.1) is 0 Å². The Morgan fingerprint density at radius 2 is 1.20 bits per heavy atom. The number of benzene rings is 3. The van der Waals surface area contributed by atoms with E-state index in [0.717, 1.165) is 42.7 Å². The van der Waals surface area contributed by atoms with Crippen molar-refractivity contribution in [2.75, 3.05) is 12.8 Å². The van der Waals surface area contributed by atoms with Gasteiger partial charge in [0, 0.05) is 6.42 Å². The Balaban J connectivity index is 2.00. The molecule has 0 aliphatic carbocycles. The van der Waals surface area contributed by atoms with Gasteiger partial charge in [-0.3, -0.25) is 0 Å². The number of hydrogen-bond donors (Lipinski definition) is 0. The number of ether oxygens (including phenoxy) is 1. The van der Waals surface area contributed by atoms with E-state index in [1.54, 1.807) is 0 Å². The predicted octanol–water partition coefficient (Wildman–Crippen LogP) is 8.30. The lowest BCUT2D eigenvalue weighted by molar-refractivity contribution is -0.151. The maximum atomic E-state index is 13.8. The molecule has 3 rings (SSSR count). The first kappa shape index (κ1) is 33.0. The molecule has 0 aliphatic rings. The molecule has 0 amide bonds. The number of carbonyl (C=O) groups excluding carboxylic acids is 1. The molecule has 0 heterocycles. The summed E-state index contributed by atoms with van der Waals surface area (Å²) in [5.74, 6) is 0.352. The van der Waals surface area contributed by atoms with Crippen LogP contribution in [0.1, 0.15) is 53.9 Å². The molecule has 3 nitrogen and oxygen atoms in total. The second kappa shape index (κ2) is 16.2. The summed E-state index contributed by atoms with van der Waals surface area (Å²) in [7, 11) is -4.16. The van der Waals surface area contributed by atoms with E-state index in [1.807, 2.05) is 0 Å². The first-order chi connectivity index (χ1) is 19.8. The van der Waals surface area contributed by atoms with Crippen LogP contribution in [0.25, 0.3) is 0 Å². The lowest BCUT2D eigenvalue weighted by atomic mass is 10.0. The molecule has 3 aromatic rings. The molecule has 3 aromatic carbocycles. The number of rotatable bonds is 17. The normalized spacial score (nSPS) is 12.7. The Bertz CT molecular complexity index is 1090. The number of carbonyl (C=O) groups is 1. The van der Waals surface area contributed by atoms with Gasteiger partial charge in [-0.25, -0.2) is 4.79 Å². The van der Waals surface area contributed by atoms with Crippen molar-refractivity contribution >= 4 is 37.5 Å². The van der Waals surface area contributed by atoms with Crippen LogP contribution in [-0.4, -0.2) is 33.2 Å². The minimum atomic E-state index is -2.09. The van der Waals surface area contributed by atoms with Crippen molar-refractivity contribution in [2.24, 2.45) is 5.92 Å². The van der Waals surface area contributed by atoms with Crippen LogP contribution in [0.2, 0.25) is 18.1 Å². The molecule has 0 aromatic heterocycles. The fourth-order valence-corrected chi connectivity index (χ4v) is 12.7. The van der Waals surface area contributed by atoms with Crippen LogP contribution >= 0.6 is 7.26 Å². The number of esters is 1. The third-order valence-corrected chi connectivity index (χ3v) is 17.5. The zero-order valence-corrected chi connectivity index (χ0v) is 27.7. The molecule has 0 aliphatic heterocycles. The first-order valence-electron chi connectivity index (χ1n) is 15.4. The molecule has 41 heavy (non-hydrogen) atoms. The van der Waals surface area contributed by atoms with E-state index in [-0.39, 0.29) is 12.6 Å². The maximum Gasteiger partial charge on any atom is 0.334 e. The SMILES string of the molecule is C=C(CCC(C)C)COC(=O)C(CC[P+](c1ccccc1)(c1ccccc1)c1ccccc1)O[Si](CC)(CC)CC. The van der Waals surface area contributed by atoms with Gasteiger partial charge in [-0.05, 0) is 78.9 Å². The molecule has 0 radical (unpaired) electrons. The summed E-state index contributed by atoms with van der Waals surface area (Å²) in [6, 6.07) is 35.5. The van der Waals surface area contributed by atoms with Crippen molar-refractivity contribution in [3.05, 3.63) is 103 Å². The molecule has 220 valence electrons. The second-order valence-corrected chi connectivity index (χ2v) is 19.8. The Labute approximate surface area is 250 Å². The fraction of sp³-hybridized carbons (Fsp3) is 0.417. The highest BCUT2D eigenvalue weighted by atomic mass is 31.2. The van der Waals surface area contributed by atoms with E-state index in [4.69, 9.17) is 9.16 Å². The molecule has 0 bridgehead atoms. The van der Waals surface area contributed by atoms with Crippen LogP contribution < -0.4 is 15.9 Å². The van der Waals surface area contributed by atoms with Gasteiger partial charge in [0.15, 0.2) is 8.32 Å². The van der Waals surface area contributed by atoms with Crippen LogP contribution in [-0.2, 0) is 14.0 Å². The van der Waals surface area contributed by atoms with Crippen molar-refractivity contribution in [3.63, 3.8) is 0 Å². The molecule has 0 saturated heterocycles. The predicted molar refractivity (Wildman–Crippen MR) is 181 cm³/mol. The average molecular weight is 590 g/mol. The van der Waals surface area contributed by atoms with Crippen LogP contribution in [0.4, 0.5) is 0 Å². The molecule has 1 unspecified atom stereocenters. The van der Waals surface area contributed by atoms with E-state index < -0.39 is 21.7 Å². The summed E-state index contributed by atoms with van der Waals surface area (Å²) in [5, 5.41) is 3.95. The van der Waals surface area contributed by atoms with Gasteiger partial charge in [-0.2, -0.15) is 0 Å². The largest absolute Gasteiger partial charge is 0.459 e. The van der Waals surface area contributed by atoms with Gasteiger partial charge in [-0.1, -0.05) is 95.8 Å². The van der Waals surface area contributed by atoms with E-state index in [0.29, 0.717) is 12.3 Å². The summed E-state index contributed by atoms with van der Waals surface area (Å²) < 4.78 is 12.9. The molecule has 1 atom stereocenters. The van der Waals surface area contributed by atoms with Crippen molar-refractivity contribution in [2.45, 2.75) is 78.1 Å². The standard InChI is InChI=1S/C36H50O3PSi/c1-7-41(8-2,9-3)39-35(36(37)38-29-31(6)26-25-30(4)5)27-28-40(32-19-13-10-14-20-32,33-21-15-11-16-22-33)34-23-17-12-18-24-34/h10-24,30,35H,6-9,25-29H2,1-5H3/q+1. The second-order valence-electron chi connectivity index (χ2n) is 11.5. The van der Waals surface area contributed by atoms with Gasteiger partial charge in [0.05, 0.1) is 6.16 Å². The molecule has 0 spiro atoms. The van der Waals surface area contributed by atoms with Crippen molar-refractivity contribution in [3.8, 4) is 0 Å². The first-order valence-corrected chi connectivity index (χ1v) is 19.9. The smallest absolute Gasteiger partial charge is 0.334 e. The highest BCUT2D eigenvalue weighted by Gasteiger charge is 2.47. The van der Waals surface area contributed by atoms with Crippen molar-refractivity contribution in [1.82, 2.24) is 0 Å².